The summed E-state index contributed by atoms with van der Waals surface area (Å²) in [6, 6.07) is 12.2. The van der Waals surface area contributed by atoms with E-state index >= 15 is 0 Å². The molecule has 5 heteroatoms. The second-order valence-corrected chi connectivity index (χ2v) is 6.89. The van der Waals surface area contributed by atoms with E-state index in [0.717, 1.165) is 57.4 Å². The minimum absolute atomic E-state index is 0.852. The van der Waals surface area contributed by atoms with Crippen molar-refractivity contribution < 1.29 is 0 Å². The summed E-state index contributed by atoms with van der Waals surface area (Å²) in [6.07, 6.45) is 7.41. The lowest BCUT2D eigenvalue weighted by Crippen LogP contribution is -1.98. The summed E-state index contributed by atoms with van der Waals surface area (Å²) in [5.74, 6) is 0. The fourth-order valence-corrected chi connectivity index (χ4v) is 3.63. The Bertz CT molecular complexity index is 1300. The first-order chi connectivity index (χ1) is 13.2. The molecule has 27 heavy (non-hydrogen) atoms. The van der Waals surface area contributed by atoms with Crippen molar-refractivity contribution in [2.75, 3.05) is 0 Å². The second kappa shape index (κ2) is 6.13. The van der Waals surface area contributed by atoms with Crippen molar-refractivity contribution in [2.45, 2.75) is 26.7 Å². The van der Waals surface area contributed by atoms with Crippen LogP contribution in [-0.2, 0) is 12.8 Å². The lowest BCUT2D eigenvalue weighted by molar-refractivity contribution is 0.883. The van der Waals surface area contributed by atoms with Crippen molar-refractivity contribution in [3.05, 3.63) is 77.6 Å². The van der Waals surface area contributed by atoms with E-state index < -0.39 is 0 Å². The molecule has 5 rings (SSSR count). The van der Waals surface area contributed by atoms with Crippen molar-refractivity contribution in [2.24, 2.45) is 0 Å². The Morgan fingerprint density at radius 3 is 2.67 bits per heavy atom. The highest BCUT2D eigenvalue weighted by Gasteiger charge is 2.12. The molecular formula is C22H19N5. The SMILES string of the molecule is Cc1ccnc2ccc(CCc3nc4c5cccnc5ccn4c3C)nc12. The lowest BCUT2D eigenvalue weighted by atomic mass is 10.1. The number of rotatable bonds is 3. The van der Waals surface area contributed by atoms with Gasteiger partial charge in [0.2, 0.25) is 0 Å². The molecule has 0 spiro atoms. The van der Waals surface area contributed by atoms with Crippen LogP contribution in [0.4, 0.5) is 0 Å². The summed E-state index contributed by atoms with van der Waals surface area (Å²) >= 11 is 0. The van der Waals surface area contributed by atoms with E-state index in [-0.39, 0.29) is 0 Å². The molecule has 0 N–H and O–H groups in total. The first-order valence-electron chi connectivity index (χ1n) is 9.13. The standard InChI is InChI=1S/C22H19N5/c1-14-9-12-24-20-8-6-16(25-21(14)20)5-7-18-15(2)27-13-10-19-17(22(27)26-18)4-3-11-23-19/h3-4,6,8-13H,5,7H2,1-2H3. The fourth-order valence-electron chi connectivity index (χ4n) is 3.63. The van der Waals surface area contributed by atoms with Gasteiger partial charge in [0.1, 0.15) is 5.65 Å². The molecule has 0 aliphatic carbocycles. The van der Waals surface area contributed by atoms with Gasteiger partial charge in [0.25, 0.3) is 0 Å². The molecule has 5 heterocycles. The van der Waals surface area contributed by atoms with Crippen LogP contribution in [0.15, 0.2) is 55.0 Å². The van der Waals surface area contributed by atoms with Gasteiger partial charge >= 0.3 is 0 Å². The Hall–Kier alpha value is -3.34. The van der Waals surface area contributed by atoms with E-state index in [9.17, 15) is 0 Å². The van der Waals surface area contributed by atoms with Crippen molar-refractivity contribution in [1.82, 2.24) is 24.3 Å². The largest absolute Gasteiger partial charge is 0.303 e. The topological polar surface area (TPSA) is 56.0 Å². The molecule has 0 atom stereocenters. The van der Waals surface area contributed by atoms with E-state index in [1.165, 1.54) is 5.69 Å². The molecule has 0 aliphatic rings. The first-order valence-corrected chi connectivity index (χ1v) is 9.13. The van der Waals surface area contributed by atoms with Gasteiger partial charge in [-0.15, -0.1) is 0 Å². The predicted molar refractivity (Wildman–Crippen MR) is 107 cm³/mol. The minimum Gasteiger partial charge on any atom is -0.303 e. The smallest absolute Gasteiger partial charge is 0.146 e. The van der Waals surface area contributed by atoms with Gasteiger partial charge in [0.15, 0.2) is 0 Å². The van der Waals surface area contributed by atoms with Gasteiger partial charge in [0.05, 0.1) is 22.2 Å². The maximum Gasteiger partial charge on any atom is 0.146 e. The third-order valence-corrected chi connectivity index (χ3v) is 5.17. The van der Waals surface area contributed by atoms with Gasteiger partial charge in [-0.1, -0.05) is 0 Å². The van der Waals surface area contributed by atoms with Gasteiger partial charge in [0, 0.05) is 35.4 Å². The van der Waals surface area contributed by atoms with E-state index in [2.05, 4.69) is 52.6 Å². The van der Waals surface area contributed by atoms with Gasteiger partial charge in [-0.3, -0.25) is 15.0 Å². The minimum atomic E-state index is 0.852. The molecule has 0 amide bonds. The molecule has 132 valence electrons. The van der Waals surface area contributed by atoms with Crippen LogP contribution in [0.2, 0.25) is 0 Å². The Kier molecular flexibility index (Phi) is 3.60. The summed E-state index contributed by atoms with van der Waals surface area (Å²) in [6.45, 7) is 4.20. The molecule has 0 bridgehead atoms. The van der Waals surface area contributed by atoms with Crippen molar-refractivity contribution >= 4 is 27.6 Å². The zero-order chi connectivity index (χ0) is 18.4. The summed E-state index contributed by atoms with van der Waals surface area (Å²) in [5, 5.41) is 1.08. The summed E-state index contributed by atoms with van der Waals surface area (Å²) in [4.78, 5) is 18.6. The fraction of sp³-hybridized carbons (Fsp3) is 0.182. The molecule has 0 aliphatic heterocycles. The molecule has 0 radical (unpaired) electrons. The third-order valence-electron chi connectivity index (χ3n) is 5.17. The number of pyridine rings is 4. The van der Waals surface area contributed by atoms with Gasteiger partial charge < -0.3 is 4.40 Å². The highest BCUT2D eigenvalue weighted by atomic mass is 15.0. The third kappa shape index (κ3) is 2.63. The second-order valence-electron chi connectivity index (χ2n) is 6.89. The molecule has 5 nitrogen and oxygen atoms in total. The molecule has 0 saturated heterocycles. The zero-order valence-corrected chi connectivity index (χ0v) is 15.3. The average Bonchev–Trinajstić information content (AvgIpc) is 3.03. The molecule has 0 unspecified atom stereocenters. The van der Waals surface area contributed by atoms with E-state index in [1.807, 2.05) is 30.6 Å². The van der Waals surface area contributed by atoms with E-state index in [0.29, 0.717) is 0 Å². The maximum absolute atomic E-state index is 4.92. The van der Waals surface area contributed by atoms with Crippen LogP contribution in [0.1, 0.15) is 22.6 Å². The number of nitrogens with zero attached hydrogens (tertiary/aromatic N) is 5. The van der Waals surface area contributed by atoms with Crippen molar-refractivity contribution in [3.8, 4) is 0 Å². The first kappa shape index (κ1) is 15.9. The average molecular weight is 353 g/mol. The predicted octanol–water partition coefficient (Wildman–Crippen LogP) is 4.23. The van der Waals surface area contributed by atoms with Gasteiger partial charge in [-0.05, 0) is 68.7 Å². The zero-order valence-electron chi connectivity index (χ0n) is 15.3. The number of imidazole rings is 1. The monoisotopic (exact) mass is 353 g/mol. The Labute approximate surface area is 156 Å². The summed E-state index contributed by atoms with van der Waals surface area (Å²) < 4.78 is 2.15. The quantitative estimate of drug-likeness (QED) is 0.487. The highest BCUT2D eigenvalue weighted by Crippen LogP contribution is 2.22. The molecule has 0 fully saturated rings. The maximum atomic E-state index is 4.92. The van der Waals surface area contributed by atoms with Crippen LogP contribution in [0.5, 0.6) is 0 Å². The Morgan fingerprint density at radius 1 is 0.852 bits per heavy atom. The van der Waals surface area contributed by atoms with Gasteiger partial charge in [-0.25, -0.2) is 4.98 Å². The van der Waals surface area contributed by atoms with Crippen molar-refractivity contribution in [3.63, 3.8) is 0 Å². The number of aryl methyl sites for hydroxylation is 4. The molecular weight excluding hydrogens is 334 g/mol. The highest BCUT2D eigenvalue weighted by molar-refractivity contribution is 5.91. The number of hydrogen-bond donors (Lipinski definition) is 0. The van der Waals surface area contributed by atoms with E-state index in [4.69, 9.17) is 9.97 Å². The van der Waals surface area contributed by atoms with E-state index in [1.54, 1.807) is 0 Å². The number of fused-ring (bicyclic) bond motifs is 4. The van der Waals surface area contributed by atoms with Crippen molar-refractivity contribution in [1.29, 1.82) is 0 Å². The molecule has 0 aromatic carbocycles. The molecule has 0 saturated carbocycles. The Balaban J connectivity index is 1.51. The van der Waals surface area contributed by atoms with Crippen LogP contribution >= 0.6 is 0 Å². The molecule has 5 aromatic rings. The van der Waals surface area contributed by atoms with Crippen LogP contribution in [0.3, 0.4) is 0 Å². The summed E-state index contributed by atoms with van der Waals surface area (Å²) in [7, 11) is 0. The van der Waals surface area contributed by atoms with Crippen LogP contribution in [0, 0.1) is 13.8 Å². The Morgan fingerprint density at radius 2 is 1.74 bits per heavy atom. The van der Waals surface area contributed by atoms with Crippen LogP contribution in [-0.4, -0.2) is 24.3 Å². The number of hydrogen-bond acceptors (Lipinski definition) is 4. The van der Waals surface area contributed by atoms with Crippen LogP contribution < -0.4 is 0 Å². The van der Waals surface area contributed by atoms with Crippen LogP contribution in [0.25, 0.3) is 27.6 Å². The summed E-state index contributed by atoms with van der Waals surface area (Å²) in [5.41, 5.74) is 8.39. The van der Waals surface area contributed by atoms with Gasteiger partial charge in [-0.2, -0.15) is 0 Å². The normalized spacial score (nSPS) is 11.6. The molecule has 5 aromatic heterocycles. The number of aromatic nitrogens is 5. The lowest BCUT2D eigenvalue weighted by Gasteiger charge is -2.04.